The molecule has 2 aromatic heterocycles. The van der Waals surface area contributed by atoms with Gasteiger partial charge in [0.15, 0.2) is 17.1 Å². The molecule has 0 aromatic carbocycles. The highest BCUT2D eigenvalue weighted by Crippen LogP contribution is 2.48. The SMILES string of the molecule is NC(N)=NC(=O)N[C@H]1C[C@@H](OP(=O)(O)OCC2O[C@@H](n3cnc4c(=O)[nH]c(N)nc43)C[C@H]2O)C(CO)O1. The molecule has 2 saturated heterocycles. The Morgan fingerprint density at radius 2 is 2.11 bits per heavy atom. The first-order valence-electron chi connectivity index (χ1n) is 10.8. The lowest BCUT2D eigenvalue weighted by Crippen LogP contribution is -2.35. The van der Waals surface area contributed by atoms with E-state index in [4.69, 9.17) is 35.7 Å². The number of carbonyl (C=O) groups is 1. The number of aromatic amines is 1. The Morgan fingerprint density at radius 1 is 1.35 bits per heavy atom. The van der Waals surface area contributed by atoms with Crippen LogP contribution in [0.25, 0.3) is 11.2 Å². The summed E-state index contributed by atoms with van der Waals surface area (Å²) in [6.45, 7) is -1.14. The second-order valence-corrected chi connectivity index (χ2v) is 9.59. The van der Waals surface area contributed by atoms with Gasteiger partial charge in [-0.2, -0.15) is 9.98 Å². The lowest BCUT2D eigenvalue weighted by molar-refractivity contribution is -0.0515. The number of phosphoric ester groups is 1. The number of aliphatic hydroxyl groups excluding tert-OH is 2. The standard InChI is InChI=1S/C17H26N9O10P/c18-15(19)25-17(30)22-10-2-7(8(3-27)34-10)36-37(31,32)33-4-9-6(28)1-11(35-9)26-5-21-12-13(26)23-16(20)24-14(12)29/h5-11,27-28H,1-4H2,(H,31,32)(H3,20,23,24,29)(H5,18,19,22,25,30)/t6-,7-,8?,9?,10-,11-/m1/s1. The Morgan fingerprint density at radius 3 is 2.81 bits per heavy atom. The fourth-order valence-electron chi connectivity index (χ4n) is 3.93. The van der Waals surface area contributed by atoms with Gasteiger partial charge in [-0.3, -0.25) is 23.4 Å². The van der Waals surface area contributed by atoms with E-state index >= 15 is 0 Å². The molecule has 0 saturated carbocycles. The fraction of sp³-hybridized carbons (Fsp3) is 0.588. The van der Waals surface area contributed by atoms with Crippen molar-refractivity contribution in [3.05, 3.63) is 16.7 Å². The lowest BCUT2D eigenvalue weighted by Gasteiger charge is -2.21. The van der Waals surface area contributed by atoms with E-state index in [2.05, 4.69) is 25.3 Å². The van der Waals surface area contributed by atoms with Crippen LogP contribution >= 0.6 is 7.82 Å². The van der Waals surface area contributed by atoms with E-state index in [1.165, 1.54) is 10.9 Å². The zero-order valence-electron chi connectivity index (χ0n) is 19.0. The molecule has 20 heteroatoms. The number of carbonyl (C=O) groups excluding carboxylic acids is 1. The number of hydrogen-bond donors (Lipinski definition) is 8. The van der Waals surface area contributed by atoms with Crippen molar-refractivity contribution in [2.45, 2.75) is 49.7 Å². The molecule has 0 bridgehead atoms. The van der Waals surface area contributed by atoms with Crippen molar-refractivity contribution in [2.75, 3.05) is 18.9 Å². The van der Waals surface area contributed by atoms with Crippen LogP contribution in [0.4, 0.5) is 10.7 Å². The van der Waals surface area contributed by atoms with Gasteiger partial charge in [-0.15, -0.1) is 0 Å². The molecule has 0 spiro atoms. The highest BCUT2D eigenvalue weighted by atomic mass is 31.2. The number of nitrogens with zero attached hydrogens (tertiary/aromatic N) is 4. The molecule has 3 unspecified atom stereocenters. The molecule has 204 valence electrons. The summed E-state index contributed by atoms with van der Waals surface area (Å²) >= 11 is 0. The van der Waals surface area contributed by atoms with Gasteiger partial charge in [0.05, 0.1) is 25.6 Å². The number of H-pyrrole nitrogens is 1. The summed E-state index contributed by atoms with van der Waals surface area (Å²) in [4.78, 5) is 47.4. The van der Waals surface area contributed by atoms with Gasteiger partial charge in [0, 0.05) is 12.8 Å². The summed E-state index contributed by atoms with van der Waals surface area (Å²) < 4.78 is 35.2. The number of fused-ring (bicyclic) bond motifs is 1. The minimum atomic E-state index is -4.74. The van der Waals surface area contributed by atoms with Crippen LogP contribution in [0.3, 0.4) is 0 Å². The first-order chi connectivity index (χ1) is 17.5. The van der Waals surface area contributed by atoms with Crippen LogP contribution in [-0.4, -0.2) is 90.5 Å². The number of nitrogens with one attached hydrogen (secondary N) is 2. The Bertz CT molecular complexity index is 1280. The fourth-order valence-corrected chi connectivity index (χ4v) is 4.89. The Balaban J connectivity index is 1.34. The molecular formula is C17H26N9O10P. The number of anilines is 1. The number of phosphoric acid groups is 1. The Hall–Kier alpha value is -3.16. The van der Waals surface area contributed by atoms with E-state index in [-0.39, 0.29) is 30.0 Å². The number of urea groups is 1. The predicted molar refractivity (Wildman–Crippen MR) is 122 cm³/mol. The van der Waals surface area contributed by atoms with Crippen LogP contribution < -0.4 is 28.1 Å². The van der Waals surface area contributed by atoms with Crippen LogP contribution in [0.15, 0.2) is 16.1 Å². The molecule has 0 radical (unpaired) electrons. The average molecular weight is 547 g/mol. The molecule has 2 aliphatic rings. The lowest BCUT2D eigenvalue weighted by atomic mass is 10.2. The van der Waals surface area contributed by atoms with Gasteiger partial charge in [0.2, 0.25) is 5.95 Å². The quantitative estimate of drug-likeness (QED) is 0.0924. The maximum absolute atomic E-state index is 12.5. The van der Waals surface area contributed by atoms with Crippen LogP contribution in [-0.2, 0) is 23.1 Å². The van der Waals surface area contributed by atoms with E-state index in [1.807, 2.05) is 0 Å². The third kappa shape index (κ3) is 6.22. The van der Waals surface area contributed by atoms with E-state index in [1.54, 1.807) is 0 Å². The minimum Gasteiger partial charge on any atom is -0.394 e. The van der Waals surface area contributed by atoms with Crippen molar-refractivity contribution < 1.29 is 43.0 Å². The second-order valence-electron chi connectivity index (χ2n) is 8.18. The third-order valence-corrected chi connectivity index (χ3v) is 6.54. The number of guanidine groups is 1. The first-order valence-corrected chi connectivity index (χ1v) is 12.3. The Kier molecular flexibility index (Phi) is 7.76. The molecule has 7 atom stereocenters. The summed E-state index contributed by atoms with van der Waals surface area (Å²) in [7, 11) is -4.74. The number of hydrogen-bond acceptors (Lipinski definition) is 12. The van der Waals surface area contributed by atoms with Gasteiger partial charge in [0.1, 0.15) is 30.8 Å². The molecule has 19 nitrogen and oxygen atoms in total. The van der Waals surface area contributed by atoms with Crippen molar-refractivity contribution in [1.82, 2.24) is 24.8 Å². The van der Waals surface area contributed by atoms with Crippen molar-refractivity contribution in [2.24, 2.45) is 16.5 Å². The number of imidazole rings is 1. The van der Waals surface area contributed by atoms with Crippen LogP contribution in [0.5, 0.6) is 0 Å². The first kappa shape index (κ1) is 26.9. The molecule has 37 heavy (non-hydrogen) atoms. The summed E-state index contributed by atoms with van der Waals surface area (Å²) in [5.74, 6) is -0.615. The highest BCUT2D eigenvalue weighted by Gasteiger charge is 2.43. The summed E-state index contributed by atoms with van der Waals surface area (Å²) in [5.41, 5.74) is 15.4. The second kappa shape index (κ2) is 10.7. The topological polar surface area (TPSA) is 298 Å². The van der Waals surface area contributed by atoms with Crippen molar-refractivity contribution in [3.8, 4) is 0 Å². The highest BCUT2D eigenvalue weighted by molar-refractivity contribution is 7.47. The molecule has 2 amide bonds. The number of nitrogen functional groups attached to an aromatic ring is 1. The molecule has 2 fully saturated rings. The molecule has 4 rings (SSSR count). The average Bonchev–Trinajstić information content (AvgIpc) is 3.48. The number of aliphatic imine (C=N–C) groups is 1. The number of nitrogens with two attached hydrogens (primary N) is 3. The molecule has 2 aliphatic heterocycles. The maximum Gasteiger partial charge on any atom is 0.472 e. The van der Waals surface area contributed by atoms with Gasteiger partial charge >= 0.3 is 13.9 Å². The molecule has 11 N–H and O–H groups in total. The van der Waals surface area contributed by atoms with Crippen LogP contribution in [0, 0.1) is 0 Å². The molecule has 0 aliphatic carbocycles. The van der Waals surface area contributed by atoms with Gasteiger partial charge in [0.25, 0.3) is 5.56 Å². The molecule has 2 aromatic rings. The van der Waals surface area contributed by atoms with E-state index in [0.717, 1.165) is 0 Å². The summed E-state index contributed by atoms with van der Waals surface area (Å²) in [6.07, 6.45) is -5.00. The number of ether oxygens (including phenoxy) is 2. The third-order valence-electron chi connectivity index (χ3n) is 5.53. The monoisotopic (exact) mass is 547 g/mol. The number of aliphatic hydroxyl groups is 2. The molecular weight excluding hydrogens is 521 g/mol. The number of rotatable bonds is 8. The maximum atomic E-state index is 12.5. The van der Waals surface area contributed by atoms with Crippen LogP contribution in [0.1, 0.15) is 19.1 Å². The van der Waals surface area contributed by atoms with Crippen molar-refractivity contribution >= 4 is 36.9 Å². The minimum absolute atomic E-state index is 0.0188. The van der Waals surface area contributed by atoms with Crippen LogP contribution in [0.2, 0.25) is 0 Å². The number of aromatic nitrogens is 4. The largest absolute Gasteiger partial charge is 0.472 e. The normalized spacial score (nSPS) is 29.3. The predicted octanol–water partition coefficient (Wildman–Crippen LogP) is -3.06. The van der Waals surface area contributed by atoms with Gasteiger partial charge in [-0.05, 0) is 0 Å². The zero-order valence-corrected chi connectivity index (χ0v) is 19.9. The summed E-state index contributed by atoms with van der Waals surface area (Å²) in [5, 5.41) is 22.2. The van der Waals surface area contributed by atoms with E-state index in [9.17, 15) is 29.3 Å². The molecule has 4 heterocycles. The smallest absolute Gasteiger partial charge is 0.394 e. The number of amides is 2. The van der Waals surface area contributed by atoms with Crippen molar-refractivity contribution in [3.63, 3.8) is 0 Å². The van der Waals surface area contributed by atoms with E-state index < -0.39 is 75.5 Å². The summed E-state index contributed by atoms with van der Waals surface area (Å²) in [6, 6.07) is -0.916. The Labute approximate surface area is 207 Å². The zero-order chi connectivity index (χ0) is 26.9. The van der Waals surface area contributed by atoms with Gasteiger partial charge < -0.3 is 47.1 Å². The van der Waals surface area contributed by atoms with Gasteiger partial charge in [-0.25, -0.2) is 14.3 Å². The van der Waals surface area contributed by atoms with E-state index in [0.29, 0.717) is 0 Å². The van der Waals surface area contributed by atoms with Crippen molar-refractivity contribution in [1.29, 1.82) is 0 Å². The van der Waals surface area contributed by atoms with Gasteiger partial charge in [-0.1, -0.05) is 0 Å².